The molecule has 5 rings (SSSR count). The maximum Gasteiger partial charge on any atom is 0.322 e. The second-order valence-corrected chi connectivity index (χ2v) is 12.8. The maximum absolute atomic E-state index is 13.8. The number of hydrogen-bond donors (Lipinski definition) is 0. The highest BCUT2D eigenvalue weighted by atomic mass is 16.6. The van der Waals surface area contributed by atoms with Gasteiger partial charge in [0.2, 0.25) is 0 Å². The van der Waals surface area contributed by atoms with Crippen LogP contribution in [-0.2, 0) is 30.4 Å². The van der Waals surface area contributed by atoms with Crippen LogP contribution in [0.5, 0.6) is 0 Å². The topological polar surface area (TPSA) is 61.8 Å². The third kappa shape index (κ3) is 4.24. The Labute approximate surface area is 216 Å². The lowest BCUT2D eigenvalue weighted by molar-refractivity contribution is -0.213. The molecule has 3 saturated heterocycles. The van der Waals surface area contributed by atoms with Crippen molar-refractivity contribution in [2.24, 2.45) is 40.9 Å². The van der Waals surface area contributed by atoms with Gasteiger partial charge < -0.3 is 14.2 Å². The van der Waals surface area contributed by atoms with Gasteiger partial charge in [-0.25, -0.2) is 0 Å². The highest BCUT2D eigenvalue weighted by molar-refractivity contribution is 6.07. The van der Waals surface area contributed by atoms with Gasteiger partial charge in [0.05, 0.1) is 19.3 Å². The zero-order chi connectivity index (χ0) is 25.7. The Hall–Kier alpha value is -1.72. The Kier molecular flexibility index (Phi) is 7.10. The summed E-state index contributed by atoms with van der Waals surface area (Å²) in [4.78, 5) is 27.3. The molecule has 1 spiro atoms. The van der Waals surface area contributed by atoms with Gasteiger partial charge in [0.15, 0.2) is 11.2 Å². The van der Waals surface area contributed by atoms with Crippen LogP contribution in [0.2, 0.25) is 0 Å². The molecule has 0 unspecified atom stereocenters. The summed E-state index contributed by atoms with van der Waals surface area (Å²) in [6, 6.07) is 10.3. The molecule has 198 valence electrons. The molecule has 4 aliphatic rings. The zero-order valence-electron chi connectivity index (χ0n) is 22.7. The van der Waals surface area contributed by atoms with Crippen molar-refractivity contribution < 1.29 is 23.8 Å². The lowest BCUT2D eigenvalue weighted by Gasteiger charge is -2.52. The number of rotatable bonds is 4. The Morgan fingerprint density at radius 1 is 1.00 bits per heavy atom. The van der Waals surface area contributed by atoms with Crippen molar-refractivity contribution in [2.45, 2.75) is 97.6 Å². The fraction of sp³-hybridized carbons (Fsp3) is 0.742. The number of ketones is 1. The van der Waals surface area contributed by atoms with Crippen LogP contribution in [0, 0.1) is 40.9 Å². The number of ether oxygens (including phenoxy) is 3. The molecule has 36 heavy (non-hydrogen) atoms. The van der Waals surface area contributed by atoms with Crippen molar-refractivity contribution in [3.8, 4) is 0 Å². The summed E-state index contributed by atoms with van der Waals surface area (Å²) < 4.78 is 19.5. The van der Waals surface area contributed by atoms with Gasteiger partial charge in [0.1, 0.15) is 11.7 Å². The second-order valence-electron chi connectivity index (χ2n) is 12.8. The van der Waals surface area contributed by atoms with Crippen LogP contribution in [-0.4, -0.2) is 36.2 Å². The van der Waals surface area contributed by atoms with Crippen LogP contribution in [0.1, 0.15) is 78.7 Å². The summed E-state index contributed by atoms with van der Waals surface area (Å²) in [7, 11) is 0. The smallest absolute Gasteiger partial charge is 0.322 e. The standard InChI is InChI=1S/C31H44O5/c1-19-10-9-13-25-15-24(18-34-17-23-11-7-6-8-12-23)21(3)16-31(25)28-30(5,29(33)36-31)27(32)22(4)26(35-28)20(2)14-19/h6-8,11-12,19-22,24-26,28H,9-10,13-18H2,1-5H3/t19-,20-,21+,22+,24-,25+,26-,28-,30+,31+/m1/s1. The van der Waals surface area contributed by atoms with Crippen LogP contribution in [0.25, 0.3) is 0 Å². The van der Waals surface area contributed by atoms with E-state index in [1.807, 2.05) is 25.1 Å². The van der Waals surface area contributed by atoms with E-state index < -0.39 is 17.1 Å². The normalized spacial score (nSPS) is 44.9. The highest BCUT2D eigenvalue weighted by Crippen LogP contribution is 2.59. The van der Waals surface area contributed by atoms with Gasteiger partial charge >= 0.3 is 5.97 Å². The van der Waals surface area contributed by atoms with Crippen molar-refractivity contribution in [1.82, 2.24) is 0 Å². The summed E-state index contributed by atoms with van der Waals surface area (Å²) in [5, 5.41) is 0. The number of hydrogen-bond acceptors (Lipinski definition) is 5. The third-order valence-corrected chi connectivity index (χ3v) is 10.1. The number of Topliss-reactive ketones (excluding diaryl/α,β-unsaturated/α-hetero) is 1. The predicted octanol–water partition coefficient (Wildman–Crippen LogP) is 5.99. The van der Waals surface area contributed by atoms with E-state index in [0.717, 1.165) is 38.5 Å². The summed E-state index contributed by atoms with van der Waals surface area (Å²) in [6.45, 7) is 11.9. The summed E-state index contributed by atoms with van der Waals surface area (Å²) in [6.07, 6.45) is 5.33. The van der Waals surface area contributed by atoms with Gasteiger partial charge in [-0.2, -0.15) is 0 Å². The van der Waals surface area contributed by atoms with Gasteiger partial charge in [0.25, 0.3) is 0 Å². The maximum atomic E-state index is 13.8. The van der Waals surface area contributed by atoms with E-state index >= 15 is 0 Å². The molecule has 4 fully saturated rings. The SMILES string of the molecule is C[C@@H]1CCC[C@H]2C[C@H](COCc3ccccc3)[C@@H](C)C[C@]23OC(=O)[C@@]2(C)C(=O)[C@@H](C)[C@H](O[C@H]23)[C@H](C)C1. The first kappa shape index (κ1) is 25.9. The first-order valence-electron chi connectivity index (χ1n) is 14.2. The lowest BCUT2D eigenvalue weighted by Crippen LogP contribution is -2.63. The number of carbonyl (C=O) groups is 2. The van der Waals surface area contributed by atoms with E-state index in [9.17, 15) is 9.59 Å². The van der Waals surface area contributed by atoms with Crippen molar-refractivity contribution >= 4 is 11.8 Å². The Morgan fingerprint density at radius 3 is 2.50 bits per heavy atom. The molecule has 0 aromatic heterocycles. The van der Waals surface area contributed by atoms with Gasteiger partial charge in [0, 0.05) is 11.8 Å². The first-order chi connectivity index (χ1) is 17.2. The lowest BCUT2D eigenvalue weighted by atomic mass is 9.58. The molecule has 0 N–H and O–H groups in total. The predicted molar refractivity (Wildman–Crippen MR) is 138 cm³/mol. The summed E-state index contributed by atoms with van der Waals surface area (Å²) in [5.74, 6) is 1.10. The molecule has 1 saturated carbocycles. The quantitative estimate of drug-likeness (QED) is 0.379. The molecule has 0 amide bonds. The van der Waals surface area contributed by atoms with E-state index in [0.29, 0.717) is 31.0 Å². The average Bonchev–Trinajstić information content (AvgIpc) is 3.05. The second kappa shape index (κ2) is 9.87. The van der Waals surface area contributed by atoms with E-state index in [4.69, 9.17) is 14.2 Å². The Balaban J connectivity index is 1.43. The molecule has 2 bridgehead atoms. The van der Waals surface area contributed by atoms with E-state index in [1.165, 1.54) is 5.56 Å². The monoisotopic (exact) mass is 496 g/mol. The molecule has 10 atom stereocenters. The van der Waals surface area contributed by atoms with Crippen molar-refractivity contribution in [1.29, 1.82) is 0 Å². The molecule has 5 heteroatoms. The summed E-state index contributed by atoms with van der Waals surface area (Å²) >= 11 is 0. The van der Waals surface area contributed by atoms with E-state index in [1.54, 1.807) is 6.92 Å². The molecular weight excluding hydrogens is 452 g/mol. The molecular formula is C31H44O5. The van der Waals surface area contributed by atoms with Crippen LogP contribution in [0.4, 0.5) is 0 Å². The minimum Gasteiger partial charge on any atom is -0.455 e. The van der Waals surface area contributed by atoms with Gasteiger partial charge in [-0.15, -0.1) is 0 Å². The molecule has 3 aliphatic heterocycles. The number of carbonyl (C=O) groups excluding carboxylic acids is 2. The molecule has 5 nitrogen and oxygen atoms in total. The van der Waals surface area contributed by atoms with Crippen molar-refractivity contribution in [3.05, 3.63) is 35.9 Å². The van der Waals surface area contributed by atoms with Crippen LogP contribution in [0.3, 0.4) is 0 Å². The minimum absolute atomic E-state index is 0.0177. The molecule has 1 aliphatic carbocycles. The van der Waals surface area contributed by atoms with E-state index in [2.05, 4.69) is 32.9 Å². The highest BCUT2D eigenvalue weighted by Gasteiger charge is 2.73. The molecule has 1 aromatic carbocycles. The van der Waals surface area contributed by atoms with Crippen LogP contribution in [0.15, 0.2) is 30.3 Å². The number of benzene rings is 1. The van der Waals surface area contributed by atoms with Gasteiger partial charge in [-0.1, -0.05) is 70.9 Å². The van der Waals surface area contributed by atoms with Gasteiger partial charge in [-0.3, -0.25) is 9.59 Å². The number of esters is 1. The van der Waals surface area contributed by atoms with E-state index in [-0.39, 0.29) is 35.6 Å². The third-order valence-electron chi connectivity index (χ3n) is 10.1. The van der Waals surface area contributed by atoms with Crippen molar-refractivity contribution in [3.63, 3.8) is 0 Å². The first-order valence-corrected chi connectivity index (χ1v) is 14.2. The van der Waals surface area contributed by atoms with Crippen molar-refractivity contribution in [2.75, 3.05) is 6.61 Å². The summed E-state index contributed by atoms with van der Waals surface area (Å²) in [5.41, 5.74) is -0.739. The Morgan fingerprint density at radius 2 is 1.75 bits per heavy atom. The van der Waals surface area contributed by atoms with Gasteiger partial charge in [-0.05, 0) is 61.8 Å². The number of fused-ring (bicyclic) bond motifs is 1. The largest absolute Gasteiger partial charge is 0.455 e. The minimum atomic E-state index is -1.20. The molecule has 3 heterocycles. The fourth-order valence-corrected chi connectivity index (χ4v) is 8.11. The zero-order valence-corrected chi connectivity index (χ0v) is 22.7. The average molecular weight is 497 g/mol. The Bertz CT molecular complexity index is 961. The fourth-order valence-electron chi connectivity index (χ4n) is 8.11. The van der Waals surface area contributed by atoms with Crippen LogP contribution < -0.4 is 0 Å². The molecule has 1 aromatic rings. The van der Waals surface area contributed by atoms with Crippen LogP contribution >= 0.6 is 0 Å². The molecule has 0 radical (unpaired) electrons.